The SMILES string of the molecule is CCc1ccc(C(NC)C2CCOC3(CCSC3)C2)o1. The van der Waals surface area contributed by atoms with Gasteiger partial charge in [-0.05, 0) is 50.1 Å². The number of hydrogen-bond donors (Lipinski definition) is 1. The monoisotopic (exact) mass is 295 g/mol. The standard InChI is InChI=1S/C16H25NO2S/c1-3-13-4-5-14(19-13)15(17-2)12-6-8-18-16(10-12)7-9-20-11-16/h4-5,12,15,17H,3,6-11H2,1-2H3. The van der Waals surface area contributed by atoms with Crippen molar-refractivity contribution in [1.82, 2.24) is 5.32 Å². The second-order valence-corrected chi connectivity index (χ2v) is 7.12. The third-order valence-corrected chi connectivity index (χ3v) is 5.94. The molecule has 1 spiro atoms. The molecule has 112 valence electrons. The van der Waals surface area contributed by atoms with Gasteiger partial charge in [-0.25, -0.2) is 0 Å². The van der Waals surface area contributed by atoms with Gasteiger partial charge in [-0.3, -0.25) is 0 Å². The molecule has 0 amide bonds. The molecule has 4 heteroatoms. The van der Waals surface area contributed by atoms with Crippen molar-refractivity contribution in [1.29, 1.82) is 0 Å². The van der Waals surface area contributed by atoms with Gasteiger partial charge in [-0.2, -0.15) is 11.8 Å². The average molecular weight is 295 g/mol. The van der Waals surface area contributed by atoms with E-state index in [2.05, 4.69) is 24.4 Å². The lowest BCUT2D eigenvalue weighted by Gasteiger charge is -2.40. The van der Waals surface area contributed by atoms with Crippen molar-refractivity contribution in [2.45, 2.75) is 44.2 Å². The van der Waals surface area contributed by atoms with Crippen LogP contribution in [0.25, 0.3) is 0 Å². The Morgan fingerprint density at radius 1 is 1.50 bits per heavy atom. The molecule has 3 nitrogen and oxygen atoms in total. The Morgan fingerprint density at radius 3 is 3.05 bits per heavy atom. The van der Waals surface area contributed by atoms with Crippen LogP contribution >= 0.6 is 11.8 Å². The Kier molecular flexibility index (Phi) is 4.43. The maximum absolute atomic E-state index is 6.13. The molecule has 0 radical (unpaired) electrons. The highest BCUT2D eigenvalue weighted by Crippen LogP contribution is 2.44. The van der Waals surface area contributed by atoms with Gasteiger partial charge in [0.15, 0.2) is 0 Å². The molecular formula is C16H25NO2S. The van der Waals surface area contributed by atoms with Gasteiger partial charge < -0.3 is 14.5 Å². The second kappa shape index (κ2) is 6.12. The summed E-state index contributed by atoms with van der Waals surface area (Å²) in [7, 11) is 2.05. The number of nitrogens with one attached hydrogen (secondary N) is 1. The molecule has 3 unspecified atom stereocenters. The van der Waals surface area contributed by atoms with E-state index in [-0.39, 0.29) is 5.60 Å². The van der Waals surface area contributed by atoms with Crippen LogP contribution in [0.3, 0.4) is 0 Å². The molecule has 2 aliphatic heterocycles. The number of thioether (sulfide) groups is 1. The highest BCUT2D eigenvalue weighted by Gasteiger charge is 2.43. The van der Waals surface area contributed by atoms with Gasteiger partial charge in [0.1, 0.15) is 11.5 Å². The molecule has 0 bridgehead atoms. The molecule has 2 saturated heterocycles. The van der Waals surface area contributed by atoms with E-state index < -0.39 is 0 Å². The Labute approximate surface area is 125 Å². The van der Waals surface area contributed by atoms with Gasteiger partial charge in [0, 0.05) is 18.8 Å². The molecule has 1 aromatic rings. The van der Waals surface area contributed by atoms with E-state index in [0.29, 0.717) is 12.0 Å². The van der Waals surface area contributed by atoms with Crippen molar-refractivity contribution in [3.8, 4) is 0 Å². The quantitative estimate of drug-likeness (QED) is 0.923. The minimum Gasteiger partial charge on any atom is -0.464 e. The van der Waals surface area contributed by atoms with Crippen molar-refractivity contribution in [2.24, 2.45) is 5.92 Å². The van der Waals surface area contributed by atoms with E-state index in [1.54, 1.807) is 0 Å². The topological polar surface area (TPSA) is 34.4 Å². The smallest absolute Gasteiger partial charge is 0.121 e. The Morgan fingerprint density at radius 2 is 2.40 bits per heavy atom. The van der Waals surface area contributed by atoms with Gasteiger partial charge >= 0.3 is 0 Å². The summed E-state index contributed by atoms with van der Waals surface area (Å²) >= 11 is 2.04. The van der Waals surface area contributed by atoms with Crippen LogP contribution in [0.15, 0.2) is 16.5 Å². The summed E-state index contributed by atoms with van der Waals surface area (Å²) in [4.78, 5) is 0. The summed E-state index contributed by atoms with van der Waals surface area (Å²) in [5.74, 6) is 5.20. The average Bonchev–Trinajstić information content (AvgIpc) is 3.10. The fourth-order valence-electron chi connectivity index (χ4n) is 3.58. The fourth-order valence-corrected chi connectivity index (χ4v) is 4.95. The highest BCUT2D eigenvalue weighted by molar-refractivity contribution is 7.99. The Bertz CT molecular complexity index is 439. The maximum Gasteiger partial charge on any atom is 0.121 e. The van der Waals surface area contributed by atoms with E-state index in [0.717, 1.165) is 43.1 Å². The predicted molar refractivity (Wildman–Crippen MR) is 83.2 cm³/mol. The predicted octanol–water partition coefficient (Wildman–Crippen LogP) is 3.40. The van der Waals surface area contributed by atoms with Gasteiger partial charge in [0.05, 0.1) is 11.6 Å². The van der Waals surface area contributed by atoms with Crippen LogP contribution in [-0.4, -0.2) is 30.8 Å². The van der Waals surface area contributed by atoms with Crippen molar-refractivity contribution < 1.29 is 9.15 Å². The zero-order chi connectivity index (χ0) is 14.0. The summed E-state index contributed by atoms with van der Waals surface area (Å²) in [5, 5.41) is 3.48. The van der Waals surface area contributed by atoms with E-state index in [9.17, 15) is 0 Å². The second-order valence-electron chi connectivity index (χ2n) is 6.01. The molecule has 0 saturated carbocycles. The number of rotatable bonds is 4. The van der Waals surface area contributed by atoms with Gasteiger partial charge in [-0.15, -0.1) is 0 Å². The summed E-state index contributed by atoms with van der Waals surface area (Å²) in [6, 6.07) is 4.58. The normalized spacial score (nSPS) is 31.8. The first-order valence-electron chi connectivity index (χ1n) is 7.74. The van der Waals surface area contributed by atoms with Gasteiger partial charge in [-0.1, -0.05) is 6.92 Å². The first-order valence-corrected chi connectivity index (χ1v) is 8.89. The Balaban J connectivity index is 1.75. The number of aryl methyl sites for hydroxylation is 1. The number of furan rings is 1. The van der Waals surface area contributed by atoms with E-state index in [1.165, 1.54) is 12.2 Å². The summed E-state index contributed by atoms with van der Waals surface area (Å²) in [6.07, 6.45) is 4.46. The number of ether oxygens (including phenoxy) is 1. The summed E-state index contributed by atoms with van der Waals surface area (Å²) < 4.78 is 12.1. The highest BCUT2D eigenvalue weighted by atomic mass is 32.2. The van der Waals surface area contributed by atoms with E-state index in [1.807, 2.05) is 18.8 Å². The van der Waals surface area contributed by atoms with E-state index in [4.69, 9.17) is 9.15 Å². The summed E-state index contributed by atoms with van der Waals surface area (Å²) in [6.45, 7) is 3.03. The molecular weight excluding hydrogens is 270 g/mol. The molecule has 2 fully saturated rings. The lowest BCUT2D eigenvalue weighted by atomic mass is 9.80. The third-order valence-electron chi connectivity index (χ3n) is 4.72. The zero-order valence-electron chi connectivity index (χ0n) is 12.5. The van der Waals surface area contributed by atoms with Gasteiger partial charge in [0.25, 0.3) is 0 Å². The van der Waals surface area contributed by atoms with Crippen molar-refractivity contribution in [3.05, 3.63) is 23.7 Å². The molecule has 3 atom stereocenters. The first kappa shape index (κ1) is 14.5. The molecule has 3 rings (SSSR count). The van der Waals surface area contributed by atoms with Crippen molar-refractivity contribution in [3.63, 3.8) is 0 Å². The molecule has 1 N–H and O–H groups in total. The molecule has 0 aromatic carbocycles. The minimum atomic E-state index is 0.142. The van der Waals surface area contributed by atoms with Gasteiger partial charge in [0.2, 0.25) is 0 Å². The maximum atomic E-state index is 6.13. The largest absolute Gasteiger partial charge is 0.464 e. The van der Waals surface area contributed by atoms with Crippen LogP contribution < -0.4 is 5.32 Å². The molecule has 0 aliphatic carbocycles. The third kappa shape index (κ3) is 2.78. The molecule has 20 heavy (non-hydrogen) atoms. The number of hydrogen-bond acceptors (Lipinski definition) is 4. The van der Waals surface area contributed by atoms with Crippen LogP contribution in [0.1, 0.15) is 43.7 Å². The molecule has 3 heterocycles. The first-order chi connectivity index (χ1) is 9.76. The van der Waals surface area contributed by atoms with Crippen molar-refractivity contribution >= 4 is 11.8 Å². The lowest BCUT2D eigenvalue weighted by molar-refractivity contribution is -0.0860. The van der Waals surface area contributed by atoms with Crippen molar-refractivity contribution in [2.75, 3.05) is 25.2 Å². The summed E-state index contributed by atoms with van der Waals surface area (Å²) in [5.41, 5.74) is 0.142. The molecule has 2 aliphatic rings. The Hall–Kier alpha value is -0.450. The van der Waals surface area contributed by atoms with Crippen LogP contribution in [0.5, 0.6) is 0 Å². The lowest BCUT2D eigenvalue weighted by Crippen LogP contribution is -2.43. The van der Waals surface area contributed by atoms with E-state index >= 15 is 0 Å². The fraction of sp³-hybridized carbons (Fsp3) is 0.750. The van der Waals surface area contributed by atoms with Crippen LogP contribution in [0.2, 0.25) is 0 Å². The molecule has 1 aromatic heterocycles. The van der Waals surface area contributed by atoms with Crippen LogP contribution in [0.4, 0.5) is 0 Å². The zero-order valence-corrected chi connectivity index (χ0v) is 13.3. The minimum absolute atomic E-state index is 0.142. The van der Waals surface area contributed by atoms with Crippen LogP contribution in [-0.2, 0) is 11.2 Å². The van der Waals surface area contributed by atoms with Crippen LogP contribution in [0, 0.1) is 5.92 Å².